The van der Waals surface area contributed by atoms with Crippen molar-refractivity contribution in [2.45, 2.75) is 85.4 Å². The van der Waals surface area contributed by atoms with Crippen LogP contribution in [0.25, 0.3) is 0 Å². The maximum Gasteiger partial charge on any atom is 0.191 e. The predicted octanol–water partition coefficient (Wildman–Crippen LogP) is 8.58. The predicted molar refractivity (Wildman–Crippen MR) is 123 cm³/mol. The van der Waals surface area contributed by atoms with Crippen LogP contribution >= 0.6 is 41.7 Å². The van der Waals surface area contributed by atoms with Gasteiger partial charge in [0.05, 0.1) is 22.5 Å². The van der Waals surface area contributed by atoms with Gasteiger partial charge in [-0.2, -0.15) is 0 Å². The first-order valence-corrected chi connectivity index (χ1v) is 17.3. The smallest absolute Gasteiger partial charge is 0.191 e. The van der Waals surface area contributed by atoms with E-state index in [-0.39, 0.29) is 0 Å². The molecular formula is C17H35Cl2O3P3S. The van der Waals surface area contributed by atoms with E-state index >= 15 is 0 Å². The zero-order valence-corrected chi connectivity index (χ0v) is 22.7. The average molecular weight is 483 g/mol. The lowest BCUT2D eigenvalue weighted by Gasteiger charge is -2.58. The van der Waals surface area contributed by atoms with Gasteiger partial charge in [-0.05, 0) is 23.2 Å². The lowest BCUT2D eigenvalue weighted by atomic mass is 9.99. The minimum Gasteiger partial charge on any atom is -0.349 e. The maximum absolute atomic E-state index is 14.2. The summed E-state index contributed by atoms with van der Waals surface area (Å²) in [5, 5.41) is -1.86. The van der Waals surface area contributed by atoms with Crippen LogP contribution in [0.4, 0.5) is 0 Å². The average Bonchev–Trinajstić information content (AvgIpc) is 2.16. The summed E-state index contributed by atoms with van der Waals surface area (Å²) in [6.07, 6.45) is -2.88. The van der Waals surface area contributed by atoms with Crippen LogP contribution in [0.15, 0.2) is 0 Å². The highest BCUT2D eigenvalue weighted by Crippen LogP contribution is 2.97. The van der Waals surface area contributed by atoms with Gasteiger partial charge in [0, 0.05) is 6.61 Å². The van der Waals surface area contributed by atoms with Gasteiger partial charge in [0.15, 0.2) is 13.0 Å². The summed E-state index contributed by atoms with van der Waals surface area (Å²) in [4.78, 5) is 0. The molecule has 6 atom stereocenters. The SMILES string of the molecule is CCOP1(=S)[C@H](C(C)(C)C)P(=O)(Cl)C(C(C)(C)C)P(=O)(Cl)[C@@H]1C(C)(C)C. The second kappa shape index (κ2) is 7.41. The van der Waals surface area contributed by atoms with Gasteiger partial charge in [0.25, 0.3) is 0 Å². The van der Waals surface area contributed by atoms with E-state index in [0.717, 1.165) is 0 Å². The Morgan fingerprint density at radius 3 is 1.23 bits per heavy atom. The summed E-state index contributed by atoms with van der Waals surface area (Å²) in [5.74, 6) is 0. The van der Waals surface area contributed by atoms with Crippen LogP contribution in [0.1, 0.15) is 69.2 Å². The molecule has 0 radical (unpaired) electrons. The van der Waals surface area contributed by atoms with Crippen LogP contribution in [-0.2, 0) is 25.5 Å². The molecule has 3 nitrogen and oxygen atoms in total. The van der Waals surface area contributed by atoms with Crippen LogP contribution in [-0.4, -0.2) is 22.8 Å². The lowest BCUT2D eigenvalue weighted by molar-refractivity contribution is 0.322. The Bertz CT molecular complexity index is 643. The molecule has 0 bridgehead atoms. The Morgan fingerprint density at radius 2 is 1.04 bits per heavy atom. The van der Waals surface area contributed by atoms with Gasteiger partial charge >= 0.3 is 0 Å². The van der Waals surface area contributed by atoms with E-state index < -0.39 is 51.7 Å². The van der Waals surface area contributed by atoms with Gasteiger partial charge in [0.2, 0.25) is 0 Å². The van der Waals surface area contributed by atoms with Gasteiger partial charge < -0.3 is 13.7 Å². The van der Waals surface area contributed by atoms with Crippen LogP contribution < -0.4 is 0 Å². The van der Waals surface area contributed by atoms with Gasteiger partial charge in [-0.25, -0.2) is 0 Å². The zero-order valence-electron chi connectivity index (χ0n) is 17.7. The zero-order chi connectivity index (χ0) is 21.1. The van der Waals surface area contributed by atoms with Crippen molar-refractivity contribution in [3.63, 3.8) is 0 Å². The quantitative estimate of drug-likeness (QED) is 0.369. The van der Waals surface area contributed by atoms with Crippen LogP contribution in [0.2, 0.25) is 0 Å². The Morgan fingerprint density at radius 1 is 0.769 bits per heavy atom. The van der Waals surface area contributed by atoms with Crippen molar-refractivity contribution >= 4 is 53.5 Å². The fourth-order valence-electron chi connectivity index (χ4n) is 4.59. The number of hydrogen-bond acceptors (Lipinski definition) is 4. The van der Waals surface area contributed by atoms with E-state index in [4.69, 9.17) is 38.8 Å². The maximum atomic E-state index is 14.2. The third kappa shape index (κ3) is 4.38. The standard InChI is InChI=1S/C17H35Cl2O3P3S/c1-11-22-25(26)13(16(5,6)7)23(18,20)12(15(2,3)4)24(19,21)14(25)17(8,9)10/h12-14H,11H2,1-10H3/t12?,13-,14+,23?,24?,25?. The molecular weight excluding hydrogens is 448 g/mol. The fraction of sp³-hybridized carbons (Fsp3) is 1.00. The Kier molecular flexibility index (Phi) is 7.32. The molecule has 156 valence electrons. The van der Waals surface area contributed by atoms with Crippen LogP contribution in [0, 0.1) is 16.2 Å². The molecule has 9 heteroatoms. The Labute approximate surface area is 175 Å². The van der Waals surface area contributed by atoms with Crippen molar-refractivity contribution in [1.29, 1.82) is 0 Å². The van der Waals surface area contributed by atoms with E-state index in [0.29, 0.717) is 6.61 Å². The summed E-state index contributed by atoms with van der Waals surface area (Å²) in [7, 11) is 0. The highest BCUT2D eigenvalue weighted by molar-refractivity contribution is 8.26. The third-order valence-corrected chi connectivity index (χ3v) is 26.7. The number of rotatable bonds is 2. The number of hydrogen-bond donors (Lipinski definition) is 0. The molecule has 4 unspecified atom stereocenters. The fourth-order valence-corrected chi connectivity index (χ4v) is 35.7. The second-order valence-corrected chi connectivity index (χ2v) is 23.8. The molecule has 1 aliphatic rings. The molecule has 1 aliphatic heterocycles. The summed E-state index contributed by atoms with van der Waals surface area (Å²) in [6, 6.07) is 0. The molecule has 1 rings (SSSR count). The van der Waals surface area contributed by atoms with Crippen molar-refractivity contribution in [3.05, 3.63) is 0 Å². The third-order valence-electron chi connectivity index (χ3n) is 4.67. The molecule has 0 N–H and O–H groups in total. The lowest BCUT2D eigenvalue weighted by Crippen LogP contribution is -2.45. The first-order valence-electron chi connectivity index (χ1n) is 8.98. The molecule has 0 aromatic carbocycles. The Balaban J connectivity index is 4.06. The van der Waals surface area contributed by atoms with E-state index in [9.17, 15) is 9.13 Å². The molecule has 0 aliphatic carbocycles. The molecule has 0 aromatic rings. The van der Waals surface area contributed by atoms with E-state index in [1.165, 1.54) is 0 Å². The monoisotopic (exact) mass is 482 g/mol. The van der Waals surface area contributed by atoms with E-state index in [1.54, 1.807) is 0 Å². The Hall–Kier alpha value is 1.65. The molecule has 1 heterocycles. The molecule has 26 heavy (non-hydrogen) atoms. The summed E-state index contributed by atoms with van der Waals surface area (Å²) in [6.45, 7) is 12.9. The van der Waals surface area contributed by atoms with Crippen molar-refractivity contribution < 1.29 is 13.7 Å². The van der Waals surface area contributed by atoms with E-state index in [1.807, 2.05) is 69.2 Å². The normalized spacial score (nSPS) is 42.7. The largest absolute Gasteiger partial charge is 0.349 e. The van der Waals surface area contributed by atoms with Crippen molar-refractivity contribution in [1.82, 2.24) is 0 Å². The molecule has 0 aromatic heterocycles. The minimum absolute atomic E-state index is 0.365. The minimum atomic E-state index is -3.53. The summed E-state index contributed by atoms with van der Waals surface area (Å²) >= 11 is 19.9. The van der Waals surface area contributed by atoms with E-state index in [2.05, 4.69) is 0 Å². The molecule has 1 saturated heterocycles. The van der Waals surface area contributed by atoms with Gasteiger partial charge in [-0.15, -0.1) is 0 Å². The first kappa shape index (κ1) is 25.7. The van der Waals surface area contributed by atoms with Crippen LogP contribution in [0.5, 0.6) is 0 Å². The molecule has 0 amide bonds. The van der Waals surface area contributed by atoms with Gasteiger partial charge in [0.1, 0.15) is 0 Å². The van der Waals surface area contributed by atoms with Crippen molar-refractivity contribution in [2.75, 3.05) is 6.61 Å². The first-order chi connectivity index (χ1) is 11.2. The highest BCUT2D eigenvalue weighted by atomic mass is 35.7. The molecule has 1 fully saturated rings. The molecule has 0 spiro atoms. The van der Waals surface area contributed by atoms with Gasteiger partial charge in [-0.3, -0.25) is 0 Å². The highest BCUT2D eigenvalue weighted by Gasteiger charge is 2.71. The topological polar surface area (TPSA) is 43.4 Å². The van der Waals surface area contributed by atoms with Crippen LogP contribution in [0.3, 0.4) is 0 Å². The van der Waals surface area contributed by atoms with Crippen molar-refractivity contribution in [3.8, 4) is 0 Å². The summed E-state index contributed by atoms with van der Waals surface area (Å²) in [5.41, 5.74) is -1.48. The van der Waals surface area contributed by atoms with Crippen molar-refractivity contribution in [2.24, 2.45) is 16.2 Å². The second-order valence-electron chi connectivity index (χ2n) is 10.5. The molecule has 0 saturated carbocycles. The summed E-state index contributed by atoms with van der Waals surface area (Å²) < 4.78 is 34.5. The van der Waals surface area contributed by atoms with Gasteiger partial charge in [-0.1, -0.05) is 96.6 Å². The number of halogens is 2.